The monoisotopic (exact) mass is 330 g/mol. The van der Waals surface area contributed by atoms with E-state index in [0.717, 1.165) is 31.6 Å². The Bertz CT molecular complexity index is 609. The quantitative estimate of drug-likeness (QED) is 0.804. The zero-order valence-electron chi connectivity index (χ0n) is 13.5. The van der Waals surface area contributed by atoms with Crippen LogP contribution >= 0.6 is 0 Å². The topological polar surface area (TPSA) is 73.6 Å². The number of ether oxygens (including phenoxy) is 2. The predicted molar refractivity (Wildman–Crippen MR) is 87.4 cm³/mol. The summed E-state index contributed by atoms with van der Waals surface area (Å²) in [5.41, 5.74) is 1.40. The predicted octanol–water partition coefficient (Wildman–Crippen LogP) is 2.42. The summed E-state index contributed by atoms with van der Waals surface area (Å²) in [6.07, 6.45) is 3.24. The van der Waals surface area contributed by atoms with Crippen LogP contribution in [0, 0.1) is 5.92 Å². The zero-order chi connectivity index (χ0) is 16.6. The van der Waals surface area contributed by atoms with Crippen LogP contribution in [-0.4, -0.2) is 36.9 Å². The lowest BCUT2D eigenvalue weighted by molar-refractivity contribution is 0.0743. The molecule has 2 heterocycles. The highest BCUT2D eigenvalue weighted by molar-refractivity contribution is 5.92. The van der Waals surface area contributed by atoms with Crippen molar-refractivity contribution in [2.45, 2.75) is 25.5 Å². The van der Waals surface area contributed by atoms with Crippen LogP contribution in [0.5, 0.6) is 0 Å². The second kappa shape index (κ2) is 8.61. The molecule has 1 N–H and O–H groups in total. The minimum absolute atomic E-state index is 0.0791. The fraction of sp³-hybridized carbons (Fsp3) is 0.444. The number of nitrogens with zero attached hydrogens (tertiary/aromatic N) is 1. The summed E-state index contributed by atoms with van der Waals surface area (Å²) < 4.78 is 16.0. The third-order valence-corrected chi connectivity index (χ3v) is 4.08. The molecule has 1 aliphatic heterocycles. The molecule has 0 spiro atoms. The summed E-state index contributed by atoms with van der Waals surface area (Å²) >= 11 is 0. The molecule has 2 aromatic rings. The van der Waals surface area contributed by atoms with Gasteiger partial charge in [-0.3, -0.25) is 4.79 Å². The van der Waals surface area contributed by atoms with Crippen molar-refractivity contribution in [3.8, 4) is 0 Å². The molecule has 1 fully saturated rings. The third kappa shape index (κ3) is 4.91. The molecule has 2 unspecified atom stereocenters. The smallest absolute Gasteiger partial charge is 0.273 e. The Kier molecular flexibility index (Phi) is 5.98. The first-order chi connectivity index (χ1) is 11.8. The van der Waals surface area contributed by atoms with Gasteiger partial charge in [0.2, 0.25) is 0 Å². The Morgan fingerprint density at radius 1 is 1.33 bits per heavy atom. The highest BCUT2D eigenvalue weighted by atomic mass is 16.5. The number of aromatic nitrogens is 1. The van der Waals surface area contributed by atoms with Crippen LogP contribution in [0.1, 0.15) is 28.9 Å². The SMILES string of the molecule is O=C(NC(COCc1ccccc1)CC1CCOC1)c1ccon1. The molecule has 128 valence electrons. The van der Waals surface area contributed by atoms with E-state index in [9.17, 15) is 4.79 Å². The fourth-order valence-electron chi connectivity index (χ4n) is 2.82. The first-order valence-electron chi connectivity index (χ1n) is 8.22. The van der Waals surface area contributed by atoms with E-state index >= 15 is 0 Å². The van der Waals surface area contributed by atoms with Crippen molar-refractivity contribution in [3.63, 3.8) is 0 Å². The van der Waals surface area contributed by atoms with Gasteiger partial charge >= 0.3 is 0 Å². The molecule has 0 bridgehead atoms. The van der Waals surface area contributed by atoms with Crippen molar-refractivity contribution in [3.05, 3.63) is 53.9 Å². The second-order valence-electron chi connectivity index (χ2n) is 6.02. The molecule has 0 aliphatic carbocycles. The van der Waals surface area contributed by atoms with Crippen LogP contribution in [0.2, 0.25) is 0 Å². The molecule has 2 atom stereocenters. The Morgan fingerprint density at radius 3 is 2.92 bits per heavy atom. The molecular formula is C18H22N2O4. The number of rotatable bonds is 8. The Morgan fingerprint density at radius 2 is 2.21 bits per heavy atom. The maximum atomic E-state index is 12.2. The molecule has 1 aromatic heterocycles. The molecule has 3 rings (SSSR count). The van der Waals surface area contributed by atoms with E-state index in [1.165, 1.54) is 6.26 Å². The summed E-state index contributed by atoms with van der Waals surface area (Å²) in [5.74, 6) is 0.212. The lowest BCUT2D eigenvalue weighted by Crippen LogP contribution is -2.40. The van der Waals surface area contributed by atoms with Crippen LogP contribution in [0.15, 0.2) is 47.2 Å². The number of benzene rings is 1. The van der Waals surface area contributed by atoms with Crippen molar-refractivity contribution in [1.82, 2.24) is 10.5 Å². The number of carbonyl (C=O) groups is 1. The van der Waals surface area contributed by atoms with Crippen molar-refractivity contribution < 1.29 is 18.8 Å². The van der Waals surface area contributed by atoms with Gasteiger partial charge in [-0.15, -0.1) is 0 Å². The lowest BCUT2D eigenvalue weighted by Gasteiger charge is -2.21. The normalized spacial score (nSPS) is 18.4. The van der Waals surface area contributed by atoms with E-state index in [1.54, 1.807) is 6.07 Å². The van der Waals surface area contributed by atoms with Gasteiger partial charge in [0, 0.05) is 19.3 Å². The highest BCUT2D eigenvalue weighted by Gasteiger charge is 2.23. The summed E-state index contributed by atoms with van der Waals surface area (Å²) in [6, 6.07) is 11.5. The Labute approximate surface area is 141 Å². The van der Waals surface area contributed by atoms with Crippen LogP contribution in [0.25, 0.3) is 0 Å². The number of amides is 1. The first kappa shape index (κ1) is 16.7. The van der Waals surface area contributed by atoms with Crippen LogP contribution in [0.3, 0.4) is 0 Å². The Hall–Kier alpha value is -2.18. The standard InChI is InChI=1S/C18H22N2O4/c21-18(17-7-9-24-20-17)19-16(10-15-6-8-22-12-15)13-23-11-14-4-2-1-3-5-14/h1-5,7,9,15-16H,6,8,10-13H2,(H,19,21). The van der Waals surface area contributed by atoms with Gasteiger partial charge < -0.3 is 19.3 Å². The van der Waals surface area contributed by atoms with Crippen LogP contribution in [-0.2, 0) is 16.1 Å². The summed E-state index contributed by atoms with van der Waals surface area (Å²) in [6.45, 7) is 2.52. The lowest BCUT2D eigenvalue weighted by atomic mass is 9.99. The van der Waals surface area contributed by atoms with E-state index in [-0.39, 0.29) is 17.6 Å². The number of carbonyl (C=O) groups excluding carboxylic acids is 1. The van der Waals surface area contributed by atoms with Gasteiger partial charge in [0.05, 0.1) is 19.3 Å². The van der Waals surface area contributed by atoms with E-state index < -0.39 is 0 Å². The van der Waals surface area contributed by atoms with Crippen molar-refractivity contribution in [2.75, 3.05) is 19.8 Å². The molecule has 1 aliphatic rings. The van der Waals surface area contributed by atoms with Gasteiger partial charge in [0.25, 0.3) is 5.91 Å². The minimum Gasteiger partial charge on any atom is -0.381 e. The fourth-order valence-corrected chi connectivity index (χ4v) is 2.82. The highest BCUT2D eigenvalue weighted by Crippen LogP contribution is 2.19. The van der Waals surface area contributed by atoms with Crippen molar-refractivity contribution in [1.29, 1.82) is 0 Å². The van der Waals surface area contributed by atoms with Gasteiger partial charge in [-0.05, 0) is 24.3 Å². The van der Waals surface area contributed by atoms with Gasteiger partial charge in [-0.1, -0.05) is 35.5 Å². The molecule has 1 amide bonds. The molecule has 24 heavy (non-hydrogen) atoms. The van der Waals surface area contributed by atoms with Gasteiger partial charge in [0.15, 0.2) is 5.69 Å². The molecule has 1 saturated heterocycles. The molecule has 1 aromatic carbocycles. The average molecular weight is 330 g/mol. The number of hydrogen-bond acceptors (Lipinski definition) is 5. The maximum Gasteiger partial charge on any atom is 0.273 e. The van der Waals surface area contributed by atoms with Gasteiger partial charge in [0.1, 0.15) is 6.26 Å². The zero-order valence-corrected chi connectivity index (χ0v) is 13.5. The average Bonchev–Trinajstić information content (AvgIpc) is 3.29. The maximum absolute atomic E-state index is 12.2. The van der Waals surface area contributed by atoms with Crippen molar-refractivity contribution >= 4 is 5.91 Å². The summed E-state index contributed by atoms with van der Waals surface area (Å²) in [5, 5.41) is 6.67. The molecule has 6 heteroatoms. The van der Waals surface area contributed by atoms with Gasteiger partial charge in [-0.25, -0.2) is 0 Å². The molecule has 0 radical (unpaired) electrons. The minimum atomic E-state index is -0.240. The van der Waals surface area contributed by atoms with Crippen LogP contribution in [0.4, 0.5) is 0 Å². The van der Waals surface area contributed by atoms with E-state index in [4.69, 9.17) is 14.0 Å². The molecule has 6 nitrogen and oxygen atoms in total. The van der Waals surface area contributed by atoms with Crippen LogP contribution < -0.4 is 5.32 Å². The van der Waals surface area contributed by atoms with Gasteiger partial charge in [-0.2, -0.15) is 0 Å². The summed E-state index contributed by atoms with van der Waals surface area (Å²) in [7, 11) is 0. The number of hydrogen-bond donors (Lipinski definition) is 1. The molecule has 0 saturated carbocycles. The van der Waals surface area contributed by atoms with E-state index in [0.29, 0.717) is 19.1 Å². The van der Waals surface area contributed by atoms with E-state index in [1.807, 2.05) is 30.3 Å². The molecular weight excluding hydrogens is 308 g/mol. The second-order valence-corrected chi connectivity index (χ2v) is 6.02. The Balaban J connectivity index is 1.53. The van der Waals surface area contributed by atoms with E-state index in [2.05, 4.69) is 10.5 Å². The van der Waals surface area contributed by atoms with Crippen molar-refractivity contribution in [2.24, 2.45) is 5.92 Å². The first-order valence-corrected chi connectivity index (χ1v) is 8.22. The largest absolute Gasteiger partial charge is 0.381 e. The third-order valence-electron chi connectivity index (χ3n) is 4.08. The summed E-state index contributed by atoms with van der Waals surface area (Å²) in [4.78, 5) is 12.2. The number of nitrogens with one attached hydrogen (secondary N) is 1.